The Morgan fingerprint density at radius 1 is 1.22 bits per heavy atom. The molecule has 1 unspecified atom stereocenters. The fourth-order valence-electron chi connectivity index (χ4n) is 2.56. The van der Waals surface area contributed by atoms with Crippen molar-refractivity contribution in [3.05, 3.63) is 0 Å². The van der Waals surface area contributed by atoms with Crippen molar-refractivity contribution in [3.63, 3.8) is 0 Å². The summed E-state index contributed by atoms with van der Waals surface area (Å²) < 4.78 is 0. The fourth-order valence-corrected chi connectivity index (χ4v) is 2.56. The highest BCUT2D eigenvalue weighted by atomic mass is 16.4. The fraction of sp³-hybridized carbons (Fsp3) is 0.846. The first kappa shape index (κ1) is 13.3. The monoisotopic (exact) mass is 254 g/mol. The molecule has 2 aliphatic rings. The molecule has 0 bridgehead atoms. The van der Waals surface area contributed by atoms with Crippen LogP contribution in [0, 0.1) is 0 Å². The number of carboxylic acid groups (broad SMARTS) is 1. The van der Waals surface area contributed by atoms with Gasteiger partial charge >= 0.3 is 5.97 Å². The number of amides is 1. The van der Waals surface area contributed by atoms with Crippen LogP contribution in [0.25, 0.3) is 0 Å². The molecule has 2 fully saturated rings. The van der Waals surface area contributed by atoms with Crippen LogP contribution in [-0.2, 0) is 9.59 Å². The van der Waals surface area contributed by atoms with E-state index in [-0.39, 0.29) is 18.5 Å². The highest BCUT2D eigenvalue weighted by molar-refractivity contribution is 5.82. The summed E-state index contributed by atoms with van der Waals surface area (Å²) in [4.78, 5) is 24.3. The number of rotatable bonds is 6. The summed E-state index contributed by atoms with van der Waals surface area (Å²) in [6.07, 6.45) is 6.81. The lowest BCUT2D eigenvalue weighted by atomic mass is 10.0. The Morgan fingerprint density at radius 3 is 2.56 bits per heavy atom. The lowest BCUT2D eigenvalue weighted by molar-refractivity contribution is -0.145. The van der Waals surface area contributed by atoms with Gasteiger partial charge in [-0.1, -0.05) is 6.42 Å². The molecule has 2 rings (SSSR count). The van der Waals surface area contributed by atoms with Gasteiger partial charge in [-0.05, 0) is 38.6 Å². The van der Waals surface area contributed by atoms with Gasteiger partial charge in [-0.2, -0.15) is 0 Å². The minimum atomic E-state index is -0.911. The van der Waals surface area contributed by atoms with Gasteiger partial charge in [0.2, 0.25) is 5.91 Å². The third-order valence-electron chi connectivity index (χ3n) is 3.73. The Labute approximate surface area is 108 Å². The molecule has 0 radical (unpaired) electrons. The molecule has 1 atom stereocenters. The molecule has 102 valence electrons. The number of aliphatic carboxylic acids is 1. The van der Waals surface area contributed by atoms with E-state index in [1.807, 2.05) is 0 Å². The zero-order chi connectivity index (χ0) is 13.0. The number of carbonyl (C=O) groups is 2. The Balaban J connectivity index is 1.75. The first-order valence-corrected chi connectivity index (χ1v) is 6.91. The largest absolute Gasteiger partial charge is 0.480 e. The summed E-state index contributed by atoms with van der Waals surface area (Å²) in [5, 5.41) is 12.2. The normalized spacial score (nSPS) is 23.7. The Morgan fingerprint density at radius 2 is 2.00 bits per heavy atom. The van der Waals surface area contributed by atoms with Crippen LogP contribution in [-0.4, -0.2) is 47.1 Å². The lowest BCUT2D eigenvalue weighted by Gasteiger charge is -2.25. The molecule has 18 heavy (non-hydrogen) atoms. The van der Waals surface area contributed by atoms with Crippen molar-refractivity contribution in [2.45, 2.75) is 57.0 Å². The van der Waals surface area contributed by atoms with Gasteiger partial charge in [-0.3, -0.25) is 9.59 Å². The molecular weight excluding hydrogens is 232 g/mol. The van der Waals surface area contributed by atoms with Crippen LogP contribution in [0.15, 0.2) is 0 Å². The average molecular weight is 254 g/mol. The predicted octanol–water partition coefficient (Wildman–Crippen LogP) is 0.984. The minimum absolute atomic E-state index is 0.00673. The van der Waals surface area contributed by atoms with Crippen LogP contribution < -0.4 is 5.32 Å². The Bertz CT molecular complexity index is 309. The van der Waals surface area contributed by atoms with E-state index in [1.54, 1.807) is 4.90 Å². The summed E-state index contributed by atoms with van der Waals surface area (Å²) in [6.45, 7) is 0.905. The molecule has 1 heterocycles. The van der Waals surface area contributed by atoms with Gasteiger partial charge in [0.25, 0.3) is 0 Å². The molecule has 1 saturated carbocycles. The second-order valence-electron chi connectivity index (χ2n) is 5.33. The Hall–Kier alpha value is -1.10. The number of carboxylic acids is 1. The molecule has 5 nitrogen and oxygen atoms in total. The van der Waals surface area contributed by atoms with E-state index >= 15 is 0 Å². The Kier molecular flexibility index (Phi) is 4.58. The molecule has 5 heteroatoms. The van der Waals surface area contributed by atoms with Crippen molar-refractivity contribution in [1.82, 2.24) is 10.2 Å². The molecule has 1 amide bonds. The van der Waals surface area contributed by atoms with E-state index in [0.29, 0.717) is 12.5 Å². The number of hydrogen-bond acceptors (Lipinski definition) is 3. The number of nitrogens with one attached hydrogen (secondary N) is 1. The van der Waals surface area contributed by atoms with E-state index in [4.69, 9.17) is 5.11 Å². The minimum Gasteiger partial charge on any atom is -0.480 e. The molecule has 0 aromatic rings. The number of hydrogen-bond donors (Lipinski definition) is 2. The maximum absolute atomic E-state index is 12.0. The number of carbonyl (C=O) groups excluding carboxylic acids is 1. The van der Waals surface area contributed by atoms with E-state index in [2.05, 4.69) is 5.32 Å². The lowest BCUT2D eigenvalue weighted by Crippen LogP contribution is -2.39. The van der Waals surface area contributed by atoms with Crippen LogP contribution >= 0.6 is 0 Å². The van der Waals surface area contributed by atoms with Gasteiger partial charge in [0.15, 0.2) is 0 Å². The highest BCUT2D eigenvalue weighted by Crippen LogP contribution is 2.27. The van der Waals surface area contributed by atoms with Gasteiger partial charge in [0.05, 0.1) is 0 Å². The third-order valence-corrected chi connectivity index (χ3v) is 3.73. The van der Waals surface area contributed by atoms with Gasteiger partial charge in [0.1, 0.15) is 6.54 Å². The standard InChI is InChI=1S/C13H22N2O3/c16-12(7-4-10-3-1-2-8-14-10)15(9-13(17)18)11-5-6-11/h10-11,14H,1-9H2,(H,17,18). The summed E-state index contributed by atoms with van der Waals surface area (Å²) in [6, 6.07) is 0.626. The number of piperidine rings is 1. The molecule has 0 spiro atoms. The topological polar surface area (TPSA) is 69.6 Å². The van der Waals surface area contributed by atoms with Crippen LogP contribution in [0.5, 0.6) is 0 Å². The van der Waals surface area contributed by atoms with Crippen LogP contribution in [0.4, 0.5) is 0 Å². The van der Waals surface area contributed by atoms with Crippen molar-refractivity contribution < 1.29 is 14.7 Å². The average Bonchev–Trinajstić information content (AvgIpc) is 3.18. The van der Waals surface area contributed by atoms with E-state index in [9.17, 15) is 9.59 Å². The summed E-state index contributed by atoms with van der Waals surface area (Å²) in [5.74, 6) is -0.904. The first-order valence-electron chi connectivity index (χ1n) is 6.91. The van der Waals surface area contributed by atoms with Crippen molar-refractivity contribution >= 4 is 11.9 Å². The SMILES string of the molecule is O=C(O)CN(C(=O)CCC1CCCCN1)C1CC1. The van der Waals surface area contributed by atoms with Gasteiger partial charge in [0, 0.05) is 18.5 Å². The molecule has 2 N–H and O–H groups in total. The zero-order valence-electron chi connectivity index (χ0n) is 10.7. The summed E-state index contributed by atoms with van der Waals surface area (Å²) in [7, 11) is 0. The van der Waals surface area contributed by atoms with Crippen molar-refractivity contribution in [1.29, 1.82) is 0 Å². The van der Waals surface area contributed by atoms with E-state index < -0.39 is 5.97 Å². The zero-order valence-corrected chi connectivity index (χ0v) is 10.7. The molecule has 0 aromatic heterocycles. The van der Waals surface area contributed by atoms with Crippen molar-refractivity contribution in [2.75, 3.05) is 13.1 Å². The highest BCUT2D eigenvalue weighted by Gasteiger charge is 2.33. The van der Waals surface area contributed by atoms with Gasteiger partial charge < -0.3 is 15.3 Å². The smallest absolute Gasteiger partial charge is 0.323 e. The third kappa shape index (κ3) is 3.98. The van der Waals surface area contributed by atoms with Gasteiger partial charge in [-0.25, -0.2) is 0 Å². The number of nitrogens with zero attached hydrogens (tertiary/aromatic N) is 1. The van der Waals surface area contributed by atoms with E-state index in [1.165, 1.54) is 12.8 Å². The molecular formula is C13H22N2O3. The summed E-state index contributed by atoms with van der Waals surface area (Å²) >= 11 is 0. The van der Waals surface area contributed by atoms with Crippen LogP contribution in [0.1, 0.15) is 44.9 Å². The van der Waals surface area contributed by atoms with Crippen LogP contribution in [0.3, 0.4) is 0 Å². The van der Waals surface area contributed by atoms with Crippen LogP contribution in [0.2, 0.25) is 0 Å². The quantitative estimate of drug-likeness (QED) is 0.741. The molecule has 0 aromatic carbocycles. The molecule has 1 aliphatic carbocycles. The first-order chi connectivity index (χ1) is 8.66. The maximum atomic E-state index is 12.0. The van der Waals surface area contributed by atoms with Crippen molar-refractivity contribution in [3.8, 4) is 0 Å². The van der Waals surface area contributed by atoms with Crippen molar-refractivity contribution in [2.24, 2.45) is 0 Å². The second kappa shape index (κ2) is 6.18. The molecule has 1 saturated heterocycles. The van der Waals surface area contributed by atoms with Gasteiger partial charge in [-0.15, -0.1) is 0 Å². The second-order valence-corrected chi connectivity index (χ2v) is 5.33. The van der Waals surface area contributed by atoms with E-state index in [0.717, 1.165) is 32.2 Å². The summed E-state index contributed by atoms with van der Waals surface area (Å²) in [5.41, 5.74) is 0. The predicted molar refractivity (Wildman–Crippen MR) is 67.2 cm³/mol. The maximum Gasteiger partial charge on any atom is 0.323 e. The molecule has 1 aliphatic heterocycles.